The molecular formula is C5H14Cl2N2O. The van der Waals surface area contributed by atoms with Gasteiger partial charge in [0.15, 0.2) is 0 Å². The summed E-state index contributed by atoms with van der Waals surface area (Å²) in [6, 6.07) is 0. The van der Waals surface area contributed by atoms with E-state index in [0.717, 1.165) is 0 Å². The van der Waals surface area contributed by atoms with Crippen LogP contribution in [-0.2, 0) is 4.79 Å². The Kier molecular flexibility index (Phi) is 9.54. The molecule has 10 heavy (non-hydrogen) atoms. The highest BCUT2D eigenvalue weighted by molar-refractivity contribution is 5.85. The van der Waals surface area contributed by atoms with Crippen molar-refractivity contribution in [3.8, 4) is 0 Å². The van der Waals surface area contributed by atoms with Gasteiger partial charge in [-0.3, -0.25) is 4.79 Å². The molecule has 0 aromatic rings. The van der Waals surface area contributed by atoms with Gasteiger partial charge in [0.25, 0.3) is 0 Å². The molecule has 3 nitrogen and oxygen atoms in total. The van der Waals surface area contributed by atoms with Gasteiger partial charge in [0, 0.05) is 6.54 Å². The first kappa shape index (κ1) is 16.5. The highest BCUT2D eigenvalue weighted by Crippen LogP contribution is 2.09. The van der Waals surface area contributed by atoms with Crippen molar-refractivity contribution in [2.75, 3.05) is 6.54 Å². The molecule has 0 rings (SSSR count). The van der Waals surface area contributed by atoms with Crippen molar-refractivity contribution < 1.29 is 4.79 Å². The molecule has 0 aliphatic carbocycles. The summed E-state index contributed by atoms with van der Waals surface area (Å²) in [4.78, 5) is 10.4. The molecule has 4 N–H and O–H groups in total. The van der Waals surface area contributed by atoms with E-state index in [1.54, 1.807) is 13.8 Å². The number of hydrogen-bond acceptors (Lipinski definition) is 2. The van der Waals surface area contributed by atoms with Crippen LogP contribution in [-0.4, -0.2) is 12.5 Å². The van der Waals surface area contributed by atoms with E-state index in [-0.39, 0.29) is 30.7 Å². The SMILES string of the molecule is CC(C)(CN)C(N)=O.Cl.Cl. The molecular weight excluding hydrogens is 175 g/mol. The summed E-state index contributed by atoms with van der Waals surface area (Å²) in [5, 5.41) is 0. The van der Waals surface area contributed by atoms with Crippen molar-refractivity contribution in [2.45, 2.75) is 13.8 Å². The van der Waals surface area contributed by atoms with Crippen LogP contribution in [0.2, 0.25) is 0 Å². The molecule has 0 saturated carbocycles. The van der Waals surface area contributed by atoms with Gasteiger partial charge < -0.3 is 11.5 Å². The summed E-state index contributed by atoms with van der Waals surface area (Å²) in [7, 11) is 0. The molecule has 0 fully saturated rings. The Balaban J connectivity index is -0.000000245. The van der Waals surface area contributed by atoms with E-state index in [4.69, 9.17) is 11.5 Å². The van der Waals surface area contributed by atoms with Crippen molar-refractivity contribution >= 4 is 30.7 Å². The minimum atomic E-state index is -0.542. The highest BCUT2D eigenvalue weighted by atomic mass is 35.5. The minimum Gasteiger partial charge on any atom is -0.369 e. The fourth-order valence-electron chi connectivity index (χ4n) is 0.101. The van der Waals surface area contributed by atoms with Crippen molar-refractivity contribution in [3.05, 3.63) is 0 Å². The van der Waals surface area contributed by atoms with Crippen molar-refractivity contribution in [3.63, 3.8) is 0 Å². The Morgan fingerprint density at radius 3 is 1.70 bits per heavy atom. The largest absolute Gasteiger partial charge is 0.369 e. The van der Waals surface area contributed by atoms with Crippen LogP contribution in [0.1, 0.15) is 13.8 Å². The fourth-order valence-corrected chi connectivity index (χ4v) is 0.101. The summed E-state index contributed by atoms with van der Waals surface area (Å²) >= 11 is 0. The molecule has 0 aliphatic heterocycles. The second-order valence-corrected chi connectivity index (χ2v) is 2.45. The van der Waals surface area contributed by atoms with E-state index < -0.39 is 5.41 Å². The number of halogens is 2. The average Bonchev–Trinajstić information content (AvgIpc) is 1.67. The predicted molar refractivity (Wildman–Crippen MR) is 46.5 cm³/mol. The summed E-state index contributed by atoms with van der Waals surface area (Å²) in [6.07, 6.45) is 0. The lowest BCUT2D eigenvalue weighted by molar-refractivity contribution is -0.125. The molecule has 1 amide bonds. The molecule has 5 heteroatoms. The summed E-state index contributed by atoms with van der Waals surface area (Å²) < 4.78 is 0. The molecule has 64 valence electrons. The van der Waals surface area contributed by atoms with Crippen molar-refractivity contribution in [1.82, 2.24) is 0 Å². The van der Waals surface area contributed by atoms with Crippen LogP contribution in [0.5, 0.6) is 0 Å². The molecule has 0 aromatic heterocycles. The van der Waals surface area contributed by atoms with E-state index in [1.165, 1.54) is 0 Å². The second-order valence-electron chi connectivity index (χ2n) is 2.45. The second kappa shape index (κ2) is 5.77. The first-order valence-corrected chi connectivity index (χ1v) is 2.50. The number of carbonyl (C=O) groups is 1. The van der Waals surface area contributed by atoms with Gasteiger partial charge in [-0.25, -0.2) is 0 Å². The van der Waals surface area contributed by atoms with Gasteiger partial charge >= 0.3 is 0 Å². The average molecular weight is 189 g/mol. The Hall–Kier alpha value is 0.01000. The highest BCUT2D eigenvalue weighted by Gasteiger charge is 2.21. The molecule has 0 heterocycles. The van der Waals surface area contributed by atoms with Crippen LogP contribution < -0.4 is 11.5 Å². The van der Waals surface area contributed by atoms with Crippen LogP contribution in [0.4, 0.5) is 0 Å². The predicted octanol–water partition coefficient (Wildman–Crippen LogP) is 0.300. The zero-order chi connectivity index (χ0) is 6.78. The van der Waals surface area contributed by atoms with Crippen LogP contribution in [0.3, 0.4) is 0 Å². The van der Waals surface area contributed by atoms with Crippen molar-refractivity contribution in [2.24, 2.45) is 16.9 Å². The van der Waals surface area contributed by atoms with Crippen molar-refractivity contribution in [1.29, 1.82) is 0 Å². The lowest BCUT2D eigenvalue weighted by Gasteiger charge is -2.16. The Morgan fingerprint density at radius 1 is 1.40 bits per heavy atom. The van der Waals surface area contributed by atoms with Crippen LogP contribution in [0.15, 0.2) is 0 Å². The number of nitrogens with two attached hydrogens (primary N) is 2. The lowest BCUT2D eigenvalue weighted by Crippen LogP contribution is -2.37. The maximum atomic E-state index is 10.4. The van der Waals surface area contributed by atoms with Gasteiger partial charge in [-0.2, -0.15) is 0 Å². The van der Waals surface area contributed by atoms with E-state index in [1.807, 2.05) is 0 Å². The smallest absolute Gasteiger partial charge is 0.224 e. The lowest BCUT2D eigenvalue weighted by atomic mass is 9.93. The third-order valence-corrected chi connectivity index (χ3v) is 1.18. The Morgan fingerprint density at radius 2 is 1.70 bits per heavy atom. The Bertz CT molecular complexity index is 106. The quantitative estimate of drug-likeness (QED) is 0.655. The topological polar surface area (TPSA) is 69.1 Å². The van der Waals surface area contributed by atoms with Gasteiger partial charge in [0.1, 0.15) is 0 Å². The molecule has 0 spiro atoms. The van der Waals surface area contributed by atoms with Crippen LogP contribution >= 0.6 is 24.8 Å². The van der Waals surface area contributed by atoms with Crippen LogP contribution in [0, 0.1) is 5.41 Å². The van der Waals surface area contributed by atoms with Gasteiger partial charge in [0.2, 0.25) is 5.91 Å². The minimum absolute atomic E-state index is 0. The number of carbonyl (C=O) groups excluding carboxylic acids is 1. The van der Waals surface area contributed by atoms with E-state index in [2.05, 4.69) is 0 Å². The van der Waals surface area contributed by atoms with E-state index >= 15 is 0 Å². The van der Waals surface area contributed by atoms with E-state index in [9.17, 15) is 4.79 Å². The monoisotopic (exact) mass is 188 g/mol. The van der Waals surface area contributed by atoms with Gasteiger partial charge in [-0.05, 0) is 13.8 Å². The standard InChI is InChI=1S/C5H12N2O.2ClH/c1-5(2,3-6)4(7)8;;/h3,6H2,1-2H3,(H2,7,8);2*1H. The van der Waals surface area contributed by atoms with Gasteiger partial charge in [-0.15, -0.1) is 24.8 Å². The first-order valence-electron chi connectivity index (χ1n) is 2.50. The zero-order valence-corrected chi connectivity index (χ0v) is 7.72. The summed E-state index contributed by atoms with van der Waals surface area (Å²) in [6.45, 7) is 3.74. The number of hydrogen-bond donors (Lipinski definition) is 2. The molecule has 0 unspecified atom stereocenters. The maximum Gasteiger partial charge on any atom is 0.224 e. The summed E-state index contributed by atoms with van der Waals surface area (Å²) in [5.41, 5.74) is 9.63. The van der Waals surface area contributed by atoms with Gasteiger partial charge in [0.05, 0.1) is 5.41 Å². The summed E-state index contributed by atoms with van der Waals surface area (Å²) in [5.74, 6) is -0.347. The van der Waals surface area contributed by atoms with E-state index in [0.29, 0.717) is 6.54 Å². The normalized spacial score (nSPS) is 9.10. The molecule has 0 saturated heterocycles. The first-order chi connectivity index (χ1) is 3.50. The zero-order valence-electron chi connectivity index (χ0n) is 6.09. The molecule has 0 bridgehead atoms. The number of rotatable bonds is 2. The molecule has 0 atom stereocenters. The maximum absolute atomic E-state index is 10.4. The van der Waals surface area contributed by atoms with Crippen LogP contribution in [0.25, 0.3) is 0 Å². The third kappa shape index (κ3) is 4.85. The number of amides is 1. The number of primary amides is 1. The molecule has 0 aromatic carbocycles. The molecule has 0 radical (unpaired) electrons. The third-order valence-electron chi connectivity index (χ3n) is 1.18. The van der Waals surface area contributed by atoms with Gasteiger partial charge in [-0.1, -0.05) is 0 Å². The molecule has 0 aliphatic rings. The fraction of sp³-hybridized carbons (Fsp3) is 0.800. The Labute approximate surface area is 73.3 Å².